The minimum absolute atomic E-state index is 0.0897. The van der Waals surface area contributed by atoms with Crippen LogP contribution in [0.5, 0.6) is 0 Å². The molecule has 146 valence electrons. The van der Waals surface area contributed by atoms with Gasteiger partial charge < -0.3 is 14.6 Å². The molecule has 0 amide bonds. The standard InChI is InChI=1S/C16H20N4O6S/c1-16(2)25-11(9-13(21)22)8-12(26-16)14(10-6-4-3-5-7-10)27(23,24)15-17-19-20-18-15/h3-7,11-12,14H,8-9H2,1-2H3,(H,21,22)(H,17,18,19,20)/t11-,12+,14?/m1/s1. The summed E-state index contributed by atoms with van der Waals surface area (Å²) in [6.07, 6.45) is -1.72. The molecule has 0 bridgehead atoms. The van der Waals surface area contributed by atoms with Gasteiger partial charge in [-0.2, -0.15) is 5.21 Å². The van der Waals surface area contributed by atoms with E-state index >= 15 is 0 Å². The molecule has 1 fully saturated rings. The maximum atomic E-state index is 13.2. The maximum absolute atomic E-state index is 13.2. The Morgan fingerprint density at radius 2 is 2.04 bits per heavy atom. The Morgan fingerprint density at radius 1 is 1.33 bits per heavy atom. The molecular formula is C16H20N4O6S. The summed E-state index contributed by atoms with van der Waals surface area (Å²) < 4.78 is 38.0. The Balaban J connectivity index is 2.03. The Hall–Kier alpha value is -2.37. The zero-order valence-corrected chi connectivity index (χ0v) is 15.6. The van der Waals surface area contributed by atoms with Crippen molar-refractivity contribution in [3.05, 3.63) is 35.9 Å². The summed E-state index contributed by atoms with van der Waals surface area (Å²) in [5.74, 6) is -2.18. The Morgan fingerprint density at radius 3 is 2.63 bits per heavy atom. The van der Waals surface area contributed by atoms with Gasteiger partial charge in [0.25, 0.3) is 5.16 Å². The number of carboxylic acid groups (broad SMARTS) is 1. The number of aromatic nitrogens is 4. The molecule has 10 nitrogen and oxygen atoms in total. The van der Waals surface area contributed by atoms with Crippen LogP contribution in [0.3, 0.4) is 0 Å². The Kier molecular flexibility index (Phi) is 5.27. The number of nitrogens with one attached hydrogen (secondary N) is 1. The first-order chi connectivity index (χ1) is 12.7. The molecule has 3 rings (SSSR count). The van der Waals surface area contributed by atoms with Crippen molar-refractivity contribution in [3.8, 4) is 0 Å². The van der Waals surface area contributed by atoms with Crippen molar-refractivity contribution >= 4 is 15.8 Å². The van der Waals surface area contributed by atoms with Crippen molar-refractivity contribution in [3.63, 3.8) is 0 Å². The van der Waals surface area contributed by atoms with Gasteiger partial charge in [-0.3, -0.25) is 4.79 Å². The average molecular weight is 396 g/mol. The first kappa shape index (κ1) is 19.4. The van der Waals surface area contributed by atoms with Crippen LogP contribution in [0.1, 0.15) is 37.5 Å². The van der Waals surface area contributed by atoms with Crippen molar-refractivity contribution in [1.29, 1.82) is 0 Å². The molecule has 2 aromatic rings. The molecule has 2 heterocycles. The lowest BCUT2D eigenvalue weighted by molar-refractivity contribution is -0.299. The van der Waals surface area contributed by atoms with Gasteiger partial charge in [0, 0.05) is 6.42 Å². The number of hydrogen-bond acceptors (Lipinski definition) is 8. The molecule has 1 saturated heterocycles. The molecule has 27 heavy (non-hydrogen) atoms. The van der Waals surface area contributed by atoms with E-state index in [9.17, 15) is 13.2 Å². The van der Waals surface area contributed by atoms with Gasteiger partial charge in [-0.15, -0.1) is 5.10 Å². The van der Waals surface area contributed by atoms with Gasteiger partial charge in [0.2, 0.25) is 9.84 Å². The van der Waals surface area contributed by atoms with Crippen LogP contribution in [0.25, 0.3) is 0 Å². The van der Waals surface area contributed by atoms with Crippen LogP contribution in [0, 0.1) is 0 Å². The smallest absolute Gasteiger partial charge is 0.305 e. The zero-order chi connectivity index (χ0) is 19.7. The van der Waals surface area contributed by atoms with Gasteiger partial charge in [-0.05, 0) is 24.6 Å². The number of rotatable bonds is 6. The Bertz CT molecular complexity index is 885. The molecule has 11 heteroatoms. The molecule has 1 aliphatic heterocycles. The summed E-state index contributed by atoms with van der Waals surface area (Å²) in [7, 11) is -4.06. The summed E-state index contributed by atoms with van der Waals surface area (Å²) in [5, 5.41) is 20.2. The second-order valence-corrected chi connectivity index (χ2v) is 8.66. The van der Waals surface area contributed by atoms with Crippen LogP contribution >= 0.6 is 0 Å². The number of aromatic amines is 1. The van der Waals surface area contributed by atoms with Gasteiger partial charge >= 0.3 is 5.97 Å². The number of aliphatic carboxylic acids is 1. The van der Waals surface area contributed by atoms with Crippen molar-refractivity contribution in [2.75, 3.05) is 0 Å². The van der Waals surface area contributed by atoms with Crippen LogP contribution in [0.2, 0.25) is 0 Å². The summed E-state index contributed by atoms with van der Waals surface area (Å²) in [6.45, 7) is 3.24. The number of H-pyrrole nitrogens is 1. The summed E-state index contributed by atoms with van der Waals surface area (Å²) in [5.41, 5.74) is 0.485. The number of benzene rings is 1. The van der Waals surface area contributed by atoms with Gasteiger partial charge in [0.05, 0.1) is 18.6 Å². The van der Waals surface area contributed by atoms with Crippen LogP contribution in [0.4, 0.5) is 0 Å². The van der Waals surface area contributed by atoms with Crippen molar-refractivity contribution in [2.24, 2.45) is 0 Å². The third kappa shape index (κ3) is 4.31. The van der Waals surface area contributed by atoms with Gasteiger partial charge in [0.15, 0.2) is 5.79 Å². The monoisotopic (exact) mass is 396 g/mol. The minimum Gasteiger partial charge on any atom is -0.481 e. The predicted octanol–water partition coefficient (Wildman–Crippen LogP) is 1.10. The van der Waals surface area contributed by atoms with Gasteiger partial charge in [0.1, 0.15) is 5.25 Å². The minimum atomic E-state index is -4.06. The van der Waals surface area contributed by atoms with E-state index < -0.39 is 44.2 Å². The highest BCUT2D eigenvalue weighted by Crippen LogP contribution is 2.40. The number of carboxylic acids is 1. The number of tetrazole rings is 1. The number of hydrogen-bond donors (Lipinski definition) is 2. The third-order valence-corrected chi connectivity index (χ3v) is 6.09. The van der Waals surface area contributed by atoms with E-state index in [1.54, 1.807) is 44.2 Å². The second kappa shape index (κ2) is 7.33. The summed E-state index contributed by atoms with van der Waals surface area (Å²) in [6, 6.07) is 8.53. The van der Waals surface area contributed by atoms with Crippen LogP contribution in [0.15, 0.2) is 35.5 Å². The van der Waals surface area contributed by atoms with Crippen molar-refractivity contribution < 1.29 is 27.8 Å². The molecule has 1 aromatic carbocycles. The topological polar surface area (TPSA) is 144 Å². The third-order valence-electron chi connectivity index (χ3n) is 4.16. The fourth-order valence-electron chi connectivity index (χ4n) is 3.28. The van der Waals surface area contributed by atoms with E-state index in [1.165, 1.54) is 0 Å². The highest BCUT2D eigenvalue weighted by atomic mass is 32.2. The molecule has 0 spiro atoms. The number of nitrogens with zero attached hydrogens (tertiary/aromatic N) is 3. The lowest BCUT2D eigenvalue weighted by Crippen LogP contribution is -2.48. The van der Waals surface area contributed by atoms with E-state index in [-0.39, 0.29) is 12.8 Å². The van der Waals surface area contributed by atoms with E-state index in [2.05, 4.69) is 20.6 Å². The SMILES string of the molecule is CC1(C)O[C@@H](CC(=O)O)C[C@@H](C(c2ccccc2)S(=O)(=O)c2nn[nH]n2)O1. The van der Waals surface area contributed by atoms with Crippen LogP contribution < -0.4 is 0 Å². The molecule has 1 unspecified atom stereocenters. The van der Waals surface area contributed by atoms with Crippen LogP contribution in [-0.4, -0.2) is 58.1 Å². The molecule has 1 aliphatic rings. The van der Waals surface area contributed by atoms with Gasteiger partial charge in [-0.1, -0.05) is 35.4 Å². The second-order valence-electron chi connectivity index (χ2n) is 6.70. The quantitative estimate of drug-likeness (QED) is 0.733. The number of ether oxygens (including phenoxy) is 2. The van der Waals surface area contributed by atoms with Crippen molar-refractivity contribution in [2.45, 2.75) is 55.1 Å². The highest BCUT2D eigenvalue weighted by molar-refractivity contribution is 7.91. The first-order valence-corrected chi connectivity index (χ1v) is 9.83. The van der Waals surface area contributed by atoms with Gasteiger partial charge in [-0.25, -0.2) is 8.42 Å². The molecule has 1 aromatic heterocycles. The largest absolute Gasteiger partial charge is 0.481 e. The lowest BCUT2D eigenvalue weighted by atomic mass is 9.98. The first-order valence-electron chi connectivity index (χ1n) is 8.29. The summed E-state index contributed by atoms with van der Waals surface area (Å²) >= 11 is 0. The van der Waals surface area contributed by atoms with E-state index in [4.69, 9.17) is 14.6 Å². The van der Waals surface area contributed by atoms with E-state index in [0.29, 0.717) is 5.56 Å². The number of carbonyl (C=O) groups is 1. The highest BCUT2D eigenvalue weighted by Gasteiger charge is 2.46. The lowest BCUT2D eigenvalue weighted by Gasteiger charge is -2.42. The number of sulfone groups is 1. The summed E-state index contributed by atoms with van der Waals surface area (Å²) in [4.78, 5) is 11.1. The molecule has 2 N–H and O–H groups in total. The normalized spacial score (nSPS) is 23.6. The Labute approximate surface area is 155 Å². The molecule has 0 saturated carbocycles. The van der Waals surface area contributed by atoms with E-state index in [0.717, 1.165) is 0 Å². The fraction of sp³-hybridized carbons (Fsp3) is 0.500. The predicted molar refractivity (Wildman–Crippen MR) is 91.2 cm³/mol. The fourth-order valence-corrected chi connectivity index (χ4v) is 4.91. The maximum Gasteiger partial charge on any atom is 0.305 e. The van der Waals surface area contributed by atoms with Crippen molar-refractivity contribution in [1.82, 2.24) is 20.6 Å². The molecular weight excluding hydrogens is 376 g/mol. The zero-order valence-electron chi connectivity index (χ0n) is 14.8. The molecule has 3 atom stereocenters. The molecule has 0 aliphatic carbocycles. The molecule has 0 radical (unpaired) electrons. The van der Waals surface area contributed by atoms with E-state index in [1.807, 2.05) is 0 Å². The van der Waals surface area contributed by atoms with Crippen LogP contribution in [-0.2, 0) is 24.1 Å². The average Bonchev–Trinajstić information content (AvgIpc) is 3.09.